The van der Waals surface area contributed by atoms with Gasteiger partial charge in [0.05, 0.1) is 12.1 Å². The Bertz CT molecular complexity index is 574. The zero-order chi connectivity index (χ0) is 15.2. The zero-order valence-corrected chi connectivity index (χ0v) is 13.4. The molecule has 0 bridgehead atoms. The lowest BCUT2D eigenvalue weighted by Gasteiger charge is -2.14. The van der Waals surface area contributed by atoms with Gasteiger partial charge in [-0.05, 0) is 50.1 Å². The summed E-state index contributed by atoms with van der Waals surface area (Å²) in [6.07, 6.45) is 5.44. The van der Waals surface area contributed by atoms with E-state index < -0.39 is 0 Å². The minimum absolute atomic E-state index is 0.0249. The highest BCUT2D eigenvalue weighted by atomic mass is 32.2. The van der Waals surface area contributed by atoms with Crippen molar-refractivity contribution in [3.8, 4) is 11.8 Å². The van der Waals surface area contributed by atoms with E-state index in [0.29, 0.717) is 17.4 Å². The van der Waals surface area contributed by atoms with E-state index in [2.05, 4.69) is 23.4 Å². The number of nitrogens with two attached hydrogens (primary N) is 1. The number of carbonyl (C=O) groups excluding carboxylic acids is 1. The maximum absolute atomic E-state index is 12.5. The average Bonchev–Trinajstić information content (AvgIpc) is 2.92. The number of benzene rings is 1. The molecule has 0 aromatic heterocycles. The predicted molar refractivity (Wildman–Crippen MR) is 89.5 cm³/mol. The topological polar surface area (TPSA) is 55.1 Å². The van der Waals surface area contributed by atoms with E-state index in [1.54, 1.807) is 0 Å². The molecule has 1 saturated carbocycles. The van der Waals surface area contributed by atoms with E-state index in [4.69, 9.17) is 5.73 Å². The first-order chi connectivity index (χ1) is 10.1. The van der Waals surface area contributed by atoms with Crippen LogP contribution in [0.15, 0.2) is 18.2 Å². The minimum Gasteiger partial charge on any atom is -0.349 e. The Kier molecular flexibility index (Phi) is 5.72. The summed E-state index contributed by atoms with van der Waals surface area (Å²) in [5.74, 6) is 5.81. The van der Waals surface area contributed by atoms with Gasteiger partial charge in [0.15, 0.2) is 0 Å². The van der Waals surface area contributed by atoms with Gasteiger partial charge in [0.1, 0.15) is 0 Å². The monoisotopic (exact) mass is 302 g/mol. The van der Waals surface area contributed by atoms with Gasteiger partial charge in [-0.15, -0.1) is 0 Å². The number of thioether (sulfide) groups is 1. The summed E-state index contributed by atoms with van der Waals surface area (Å²) in [4.78, 5) is 12.5. The molecule has 1 aliphatic carbocycles. The number of carbonyl (C=O) groups is 1. The molecule has 1 aromatic rings. The van der Waals surface area contributed by atoms with E-state index in [-0.39, 0.29) is 11.9 Å². The molecule has 0 saturated heterocycles. The van der Waals surface area contributed by atoms with Crippen molar-refractivity contribution in [2.45, 2.75) is 37.5 Å². The summed E-state index contributed by atoms with van der Waals surface area (Å²) >= 11 is 1.89. The van der Waals surface area contributed by atoms with Gasteiger partial charge >= 0.3 is 0 Å². The van der Waals surface area contributed by atoms with Crippen molar-refractivity contribution >= 4 is 17.7 Å². The highest BCUT2D eigenvalue weighted by Crippen LogP contribution is 2.28. The smallest absolute Gasteiger partial charge is 0.252 e. The number of hydrogen-bond acceptors (Lipinski definition) is 3. The predicted octanol–water partition coefficient (Wildman–Crippen LogP) is 2.32. The fourth-order valence-electron chi connectivity index (χ4n) is 2.65. The van der Waals surface area contributed by atoms with Gasteiger partial charge in [-0.25, -0.2) is 0 Å². The molecule has 112 valence electrons. The van der Waals surface area contributed by atoms with Crippen LogP contribution in [0, 0.1) is 18.8 Å². The standard InChI is InChI=1S/C17H22N2OS/c1-12-5-8-16(13(10-12)4-3-9-18)17(20)19-14-6-7-15(11-14)21-2/h5,8,10,14-15H,6-7,9,11,18H2,1-2H3,(H,19,20). The summed E-state index contributed by atoms with van der Waals surface area (Å²) < 4.78 is 0. The Morgan fingerprint density at radius 2 is 2.29 bits per heavy atom. The largest absolute Gasteiger partial charge is 0.349 e. The second kappa shape index (κ2) is 7.53. The maximum atomic E-state index is 12.5. The molecule has 3 N–H and O–H groups in total. The van der Waals surface area contributed by atoms with Gasteiger partial charge in [0.2, 0.25) is 0 Å². The fraction of sp³-hybridized carbons (Fsp3) is 0.471. The first-order valence-corrected chi connectivity index (χ1v) is 8.56. The fourth-order valence-corrected chi connectivity index (χ4v) is 3.45. The molecule has 0 aliphatic heterocycles. The van der Waals surface area contributed by atoms with Crippen LogP contribution in [-0.2, 0) is 0 Å². The molecule has 4 heteroatoms. The van der Waals surface area contributed by atoms with Crippen LogP contribution >= 0.6 is 11.8 Å². The molecule has 1 amide bonds. The van der Waals surface area contributed by atoms with Crippen molar-refractivity contribution in [1.29, 1.82) is 0 Å². The van der Waals surface area contributed by atoms with E-state index in [1.165, 1.54) is 6.42 Å². The molecule has 1 fully saturated rings. The van der Waals surface area contributed by atoms with Crippen molar-refractivity contribution in [2.24, 2.45) is 5.73 Å². The van der Waals surface area contributed by atoms with Crippen molar-refractivity contribution in [3.63, 3.8) is 0 Å². The molecule has 0 spiro atoms. The second-order valence-corrected chi connectivity index (χ2v) is 6.53. The number of amides is 1. The third-order valence-electron chi connectivity index (χ3n) is 3.80. The SMILES string of the molecule is CSC1CCC(NC(=O)c2ccc(C)cc2C#CCN)C1. The van der Waals surface area contributed by atoms with Crippen LogP contribution in [0.3, 0.4) is 0 Å². The van der Waals surface area contributed by atoms with Crippen LogP contribution in [0.25, 0.3) is 0 Å². The van der Waals surface area contributed by atoms with Gasteiger partial charge in [-0.2, -0.15) is 11.8 Å². The summed E-state index contributed by atoms with van der Waals surface area (Å²) in [5, 5.41) is 3.82. The Morgan fingerprint density at radius 3 is 2.95 bits per heavy atom. The molecule has 2 rings (SSSR count). The van der Waals surface area contributed by atoms with E-state index in [9.17, 15) is 4.79 Å². The molecular formula is C17H22N2OS. The van der Waals surface area contributed by atoms with Crippen molar-refractivity contribution in [3.05, 3.63) is 34.9 Å². The first-order valence-electron chi connectivity index (χ1n) is 7.27. The van der Waals surface area contributed by atoms with Crippen LogP contribution < -0.4 is 11.1 Å². The Hall–Kier alpha value is -1.44. The number of rotatable bonds is 3. The van der Waals surface area contributed by atoms with Crippen molar-refractivity contribution < 1.29 is 4.79 Å². The molecule has 1 aliphatic rings. The summed E-state index contributed by atoms with van der Waals surface area (Å²) in [7, 11) is 0. The summed E-state index contributed by atoms with van der Waals surface area (Å²) in [5.41, 5.74) is 7.93. The molecule has 2 atom stereocenters. The van der Waals surface area contributed by atoms with E-state index in [0.717, 1.165) is 24.0 Å². The summed E-state index contributed by atoms with van der Waals surface area (Å²) in [6, 6.07) is 6.02. The maximum Gasteiger partial charge on any atom is 0.252 e. The number of hydrogen-bond donors (Lipinski definition) is 2. The molecular weight excluding hydrogens is 280 g/mol. The van der Waals surface area contributed by atoms with Crippen LogP contribution in [0.5, 0.6) is 0 Å². The third-order valence-corrected chi connectivity index (χ3v) is 4.89. The Labute approximate surface area is 131 Å². The Morgan fingerprint density at radius 1 is 1.48 bits per heavy atom. The van der Waals surface area contributed by atoms with Crippen LogP contribution in [-0.4, -0.2) is 30.0 Å². The van der Waals surface area contributed by atoms with Crippen LogP contribution in [0.2, 0.25) is 0 Å². The molecule has 2 unspecified atom stereocenters. The molecule has 0 radical (unpaired) electrons. The highest BCUT2D eigenvalue weighted by Gasteiger charge is 2.25. The average molecular weight is 302 g/mol. The van der Waals surface area contributed by atoms with Gasteiger partial charge < -0.3 is 11.1 Å². The number of aryl methyl sites for hydroxylation is 1. The quantitative estimate of drug-likeness (QED) is 0.843. The lowest BCUT2D eigenvalue weighted by atomic mass is 10.0. The molecule has 3 nitrogen and oxygen atoms in total. The van der Waals surface area contributed by atoms with Crippen LogP contribution in [0.1, 0.15) is 40.7 Å². The Balaban J connectivity index is 2.12. The molecule has 0 heterocycles. The van der Waals surface area contributed by atoms with Crippen molar-refractivity contribution in [2.75, 3.05) is 12.8 Å². The van der Waals surface area contributed by atoms with E-state index >= 15 is 0 Å². The lowest BCUT2D eigenvalue weighted by Crippen LogP contribution is -2.33. The van der Waals surface area contributed by atoms with Crippen LogP contribution in [0.4, 0.5) is 0 Å². The zero-order valence-electron chi connectivity index (χ0n) is 12.6. The highest BCUT2D eigenvalue weighted by molar-refractivity contribution is 7.99. The summed E-state index contributed by atoms with van der Waals surface area (Å²) in [6.45, 7) is 2.29. The minimum atomic E-state index is -0.0249. The normalized spacial score (nSPS) is 20.7. The molecule has 1 aromatic carbocycles. The van der Waals surface area contributed by atoms with Gasteiger partial charge in [0.25, 0.3) is 5.91 Å². The first kappa shape index (κ1) is 15.9. The van der Waals surface area contributed by atoms with E-state index in [1.807, 2.05) is 36.9 Å². The van der Waals surface area contributed by atoms with Crippen molar-refractivity contribution in [1.82, 2.24) is 5.32 Å². The van der Waals surface area contributed by atoms with Gasteiger partial charge in [-0.3, -0.25) is 4.79 Å². The third kappa shape index (κ3) is 4.26. The van der Waals surface area contributed by atoms with Gasteiger partial charge in [-0.1, -0.05) is 17.9 Å². The second-order valence-electron chi connectivity index (χ2n) is 5.40. The lowest BCUT2D eigenvalue weighted by molar-refractivity contribution is 0.0938. The van der Waals surface area contributed by atoms with Gasteiger partial charge in [0, 0.05) is 16.9 Å². The molecule has 21 heavy (non-hydrogen) atoms. The number of nitrogens with one attached hydrogen (secondary N) is 1.